The van der Waals surface area contributed by atoms with Crippen molar-refractivity contribution >= 4 is 11.8 Å². The van der Waals surface area contributed by atoms with Crippen LogP contribution in [0.3, 0.4) is 0 Å². The van der Waals surface area contributed by atoms with E-state index < -0.39 is 60.8 Å². The third-order valence-electron chi connectivity index (χ3n) is 3.86. The van der Waals surface area contributed by atoms with Crippen molar-refractivity contribution in [2.24, 2.45) is 17.5 Å². The summed E-state index contributed by atoms with van der Waals surface area (Å²) in [5.41, 5.74) is 7.69. The number of amides is 2. The van der Waals surface area contributed by atoms with Crippen molar-refractivity contribution in [3.63, 3.8) is 0 Å². The van der Waals surface area contributed by atoms with Crippen LogP contribution < -0.4 is 22.3 Å². The Kier molecular flexibility index (Phi) is 6.66. The Morgan fingerprint density at radius 1 is 1.32 bits per heavy atom. The van der Waals surface area contributed by atoms with Gasteiger partial charge in [-0.05, 0) is 0 Å². The maximum atomic E-state index is 11.6. The maximum Gasteiger partial charge on any atom is 0.251 e. The fraction of sp³-hybridized carbons (Fsp3) is 0.833. The van der Waals surface area contributed by atoms with Crippen LogP contribution >= 0.6 is 0 Å². The number of rotatable bonds is 5. The van der Waals surface area contributed by atoms with E-state index in [1.54, 1.807) is 6.92 Å². The Morgan fingerprint density at radius 3 is 2.36 bits per heavy atom. The van der Waals surface area contributed by atoms with Crippen LogP contribution in [-0.4, -0.2) is 70.2 Å². The van der Waals surface area contributed by atoms with Gasteiger partial charge in [0, 0.05) is 12.8 Å². The highest BCUT2D eigenvalue weighted by molar-refractivity contribution is 5.81. The quantitative estimate of drug-likeness (QED) is 0.152. The maximum absolute atomic E-state index is 11.6. The number of hydrogen-bond acceptors (Lipinski definition) is 8. The Balaban J connectivity index is 3.02. The largest absolute Gasteiger partial charge is 0.394 e. The summed E-state index contributed by atoms with van der Waals surface area (Å²) in [6, 6.07) is -2.05. The molecule has 128 valence electrons. The summed E-state index contributed by atoms with van der Waals surface area (Å²) in [6.45, 7) is 2.29. The second-order valence-electron chi connectivity index (χ2n) is 5.42. The molecule has 0 spiro atoms. The van der Waals surface area contributed by atoms with Crippen molar-refractivity contribution in [1.29, 1.82) is 0 Å². The summed E-state index contributed by atoms with van der Waals surface area (Å²) in [7, 11) is 0. The molecule has 10 heteroatoms. The van der Waals surface area contributed by atoms with Gasteiger partial charge in [0.25, 0.3) is 5.91 Å². The standard InChI is InChI=1S/C12H24N4O6/c1-4(7(13)12(21)16-14)11-8(15-5(2)18)10(20)9(19)6(3-17)22-11/h4,6-11,17,19-20H,3,13-14H2,1-2H3,(H,15,18)(H,16,21)/t4?,6-,7?,8-,9+,10-,11-/m1/s1. The molecule has 1 fully saturated rings. The SMILES string of the molecule is CC(=O)N[C@@H]1[C@@H](O)[C@@H](O)[C@@H](CO)O[C@@H]1C(C)C(N)C(=O)NN. The van der Waals surface area contributed by atoms with Crippen LogP contribution in [-0.2, 0) is 14.3 Å². The Labute approximate surface area is 127 Å². The van der Waals surface area contributed by atoms with Crippen molar-refractivity contribution in [2.45, 2.75) is 50.3 Å². The van der Waals surface area contributed by atoms with Crippen molar-refractivity contribution in [3.8, 4) is 0 Å². The molecule has 0 aromatic rings. The van der Waals surface area contributed by atoms with Gasteiger partial charge in [0.05, 0.1) is 24.8 Å². The van der Waals surface area contributed by atoms with Crippen LogP contribution in [0.4, 0.5) is 0 Å². The lowest BCUT2D eigenvalue weighted by molar-refractivity contribution is -0.207. The monoisotopic (exact) mass is 320 g/mol. The minimum absolute atomic E-state index is 0.448. The first-order valence-electron chi connectivity index (χ1n) is 6.90. The van der Waals surface area contributed by atoms with Gasteiger partial charge in [-0.3, -0.25) is 15.0 Å². The molecule has 9 N–H and O–H groups in total. The van der Waals surface area contributed by atoms with E-state index in [4.69, 9.17) is 16.3 Å². The van der Waals surface area contributed by atoms with Gasteiger partial charge in [-0.1, -0.05) is 6.92 Å². The fourth-order valence-corrected chi connectivity index (χ4v) is 2.54. The molecular weight excluding hydrogens is 296 g/mol. The molecule has 2 amide bonds. The number of nitrogens with two attached hydrogens (primary N) is 2. The Hall–Kier alpha value is -1.30. The third kappa shape index (κ3) is 3.91. The van der Waals surface area contributed by atoms with Crippen LogP contribution in [0.5, 0.6) is 0 Å². The average Bonchev–Trinajstić information content (AvgIpc) is 2.49. The molecule has 1 rings (SSSR count). The molecule has 0 saturated carbocycles. The first-order chi connectivity index (χ1) is 10.2. The van der Waals surface area contributed by atoms with Crippen molar-refractivity contribution in [3.05, 3.63) is 0 Å². The van der Waals surface area contributed by atoms with Gasteiger partial charge in [0.2, 0.25) is 5.91 Å². The van der Waals surface area contributed by atoms with Crippen LogP contribution in [0, 0.1) is 5.92 Å². The summed E-state index contributed by atoms with van der Waals surface area (Å²) < 4.78 is 5.53. The van der Waals surface area contributed by atoms with Crippen LogP contribution in [0.1, 0.15) is 13.8 Å². The second-order valence-corrected chi connectivity index (χ2v) is 5.42. The normalized spacial score (nSPS) is 34.6. The summed E-state index contributed by atoms with van der Waals surface area (Å²) in [5.74, 6) is 3.30. The molecule has 1 aliphatic rings. The van der Waals surface area contributed by atoms with Crippen molar-refractivity contribution < 1.29 is 29.6 Å². The molecule has 22 heavy (non-hydrogen) atoms. The molecule has 0 radical (unpaired) electrons. The van der Waals surface area contributed by atoms with E-state index in [9.17, 15) is 24.9 Å². The summed E-state index contributed by atoms with van der Waals surface area (Å²) in [4.78, 5) is 22.9. The van der Waals surface area contributed by atoms with Gasteiger partial charge in [0.15, 0.2) is 0 Å². The number of hydrogen-bond donors (Lipinski definition) is 7. The Bertz CT molecular complexity index is 409. The number of aliphatic hydroxyl groups is 3. The van der Waals surface area contributed by atoms with Crippen LogP contribution in [0.15, 0.2) is 0 Å². The Morgan fingerprint density at radius 2 is 1.91 bits per heavy atom. The first-order valence-corrected chi connectivity index (χ1v) is 6.90. The van der Waals surface area contributed by atoms with Crippen LogP contribution in [0.25, 0.3) is 0 Å². The number of nitrogens with one attached hydrogen (secondary N) is 2. The molecule has 1 saturated heterocycles. The number of carbonyl (C=O) groups excluding carboxylic acids is 2. The molecule has 0 bridgehead atoms. The van der Waals surface area contributed by atoms with Gasteiger partial charge >= 0.3 is 0 Å². The topological polar surface area (TPSA) is 180 Å². The molecule has 1 aliphatic heterocycles. The lowest BCUT2D eigenvalue weighted by atomic mass is 9.83. The molecule has 0 aromatic carbocycles. The lowest BCUT2D eigenvalue weighted by Gasteiger charge is -2.45. The zero-order valence-electron chi connectivity index (χ0n) is 12.5. The highest BCUT2D eigenvalue weighted by Crippen LogP contribution is 2.27. The molecule has 7 atom stereocenters. The van der Waals surface area contributed by atoms with Gasteiger partial charge in [-0.25, -0.2) is 5.84 Å². The van der Waals surface area contributed by atoms with E-state index in [-0.39, 0.29) is 0 Å². The number of aliphatic hydroxyl groups excluding tert-OH is 3. The zero-order valence-corrected chi connectivity index (χ0v) is 12.5. The number of hydrazine groups is 1. The minimum Gasteiger partial charge on any atom is -0.394 e. The van der Waals surface area contributed by atoms with E-state index in [0.717, 1.165) is 0 Å². The summed E-state index contributed by atoms with van der Waals surface area (Å²) in [6.07, 6.45) is -4.72. The van der Waals surface area contributed by atoms with Crippen LogP contribution in [0.2, 0.25) is 0 Å². The molecule has 10 nitrogen and oxygen atoms in total. The average molecular weight is 320 g/mol. The summed E-state index contributed by atoms with van der Waals surface area (Å²) in [5, 5.41) is 31.8. The lowest BCUT2D eigenvalue weighted by Crippen LogP contribution is -2.67. The van der Waals surface area contributed by atoms with Crippen molar-refractivity contribution in [2.75, 3.05) is 6.61 Å². The first kappa shape index (κ1) is 18.7. The zero-order chi connectivity index (χ0) is 17.0. The van der Waals surface area contributed by atoms with E-state index in [0.29, 0.717) is 0 Å². The highest BCUT2D eigenvalue weighted by atomic mass is 16.5. The molecule has 0 aromatic heterocycles. The third-order valence-corrected chi connectivity index (χ3v) is 3.86. The number of carbonyl (C=O) groups is 2. The van der Waals surface area contributed by atoms with Gasteiger partial charge in [-0.2, -0.15) is 0 Å². The minimum atomic E-state index is -1.38. The highest BCUT2D eigenvalue weighted by Gasteiger charge is 2.48. The second kappa shape index (κ2) is 7.81. The van der Waals surface area contributed by atoms with Crippen molar-refractivity contribution in [1.82, 2.24) is 10.7 Å². The molecule has 2 unspecified atom stereocenters. The number of ether oxygens (including phenoxy) is 1. The molecular formula is C12H24N4O6. The summed E-state index contributed by atoms with van der Waals surface area (Å²) >= 11 is 0. The van der Waals surface area contributed by atoms with E-state index >= 15 is 0 Å². The smallest absolute Gasteiger partial charge is 0.251 e. The van der Waals surface area contributed by atoms with Gasteiger partial charge in [0.1, 0.15) is 18.3 Å². The molecule has 0 aliphatic carbocycles. The van der Waals surface area contributed by atoms with E-state index in [2.05, 4.69) is 5.32 Å². The van der Waals surface area contributed by atoms with E-state index in [1.807, 2.05) is 5.43 Å². The predicted octanol–water partition coefficient (Wildman–Crippen LogP) is -4.07. The fourth-order valence-electron chi connectivity index (χ4n) is 2.54. The predicted molar refractivity (Wildman–Crippen MR) is 74.8 cm³/mol. The van der Waals surface area contributed by atoms with Gasteiger partial charge < -0.3 is 31.1 Å². The van der Waals surface area contributed by atoms with Gasteiger partial charge in [-0.15, -0.1) is 0 Å². The molecule has 1 heterocycles. The van der Waals surface area contributed by atoms with E-state index in [1.165, 1.54) is 6.92 Å².